The van der Waals surface area contributed by atoms with Crippen LogP contribution in [-0.4, -0.2) is 17.3 Å². The van der Waals surface area contributed by atoms with Crippen molar-refractivity contribution in [3.63, 3.8) is 0 Å². The Bertz CT molecular complexity index is 573. The molecule has 0 radical (unpaired) electrons. The van der Waals surface area contributed by atoms with Crippen LogP contribution in [0.5, 0.6) is 0 Å². The average Bonchev–Trinajstić information content (AvgIpc) is 2.43. The number of Topliss-reactive ketones (excluding diaryl/α,β-unsaturated/α-hetero) is 1. The Hall–Kier alpha value is -1.42. The normalized spacial score (nSPS) is 10.4. The summed E-state index contributed by atoms with van der Waals surface area (Å²) in [4.78, 5) is 15.9. The predicted molar refractivity (Wildman–Crippen MR) is 76.7 cm³/mol. The molecule has 0 bridgehead atoms. The molecule has 1 aromatic heterocycles. The summed E-state index contributed by atoms with van der Waals surface area (Å²) in [5, 5.41) is 3.90. The van der Waals surface area contributed by atoms with E-state index in [1.54, 1.807) is 30.6 Å². The first kappa shape index (κ1) is 14.0. The van der Waals surface area contributed by atoms with E-state index in [0.29, 0.717) is 22.2 Å². The van der Waals surface area contributed by atoms with Gasteiger partial charge in [0.25, 0.3) is 0 Å². The van der Waals surface area contributed by atoms with Crippen molar-refractivity contribution in [1.82, 2.24) is 10.3 Å². The van der Waals surface area contributed by atoms with Gasteiger partial charge < -0.3 is 5.32 Å². The van der Waals surface area contributed by atoms with Crippen molar-refractivity contribution >= 4 is 29.0 Å². The van der Waals surface area contributed by atoms with Crippen LogP contribution in [0.3, 0.4) is 0 Å². The van der Waals surface area contributed by atoms with Crippen LogP contribution in [-0.2, 0) is 6.54 Å². The number of nitrogens with one attached hydrogen (secondary N) is 1. The highest BCUT2D eigenvalue weighted by atomic mass is 35.5. The van der Waals surface area contributed by atoms with E-state index in [1.807, 2.05) is 12.1 Å². The number of benzene rings is 1. The number of carbonyl (C=O) groups is 1. The number of hydrogen-bond donors (Lipinski definition) is 1. The smallest absolute Gasteiger partial charge is 0.176 e. The molecule has 0 fully saturated rings. The predicted octanol–water partition coefficient (Wildman–Crippen LogP) is 3.36. The van der Waals surface area contributed by atoms with Gasteiger partial charge in [-0.2, -0.15) is 0 Å². The van der Waals surface area contributed by atoms with Gasteiger partial charge in [-0.3, -0.25) is 9.78 Å². The summed E-state index contributed by atoms with van der Waals surface area (Å²) < 4.78 is 0. The molecule has 3 nitrogen and oxygen atoms in total. The zero-order valence-electron chi connectivity index (χ0n) is 10.1. The molecule has 0 spiro atoms. The number of aromatic nitrogens is 1. The van der Waals surface area contributed by atoms with E-state index < -0.39 is 0 Å². The van der Waals surface area contributed by atoms with Gasteiger partial charge in [-0.15, -0.1) is 0 Å². The Labute approximate surface area is 121 Å². The molecule has 98 valence electrons. The molecule has 0 aliphatic heterocycles. The molecule has 2 rings (SSSR count). The van der Waals surface area contributed by atoms with Crippen molar-refractivity contribution < 1.29 is 4.79 Å². The summed E-state index contributed by atoms with van der Waals surface area (Å²) in [6.45, 7) is 0.841. The zero-order chi connectivity index (χ0) is 13.7. The van der Waals surface area contributed by atoms with Crippen molar-refractivity contribution in [3.8, 4) is 0 Å². The number of hydrogen-bond acceptors (Lipinski definition) is 3. The highest BCUT2D eigenvalue weighted by Crippen LogP contribution is 2.22. The maximum Gasteiger partial charge on any atom is 0.176 e. The summed E-state index contributed by atoms with van der Waals surface area (Å²) >= 11 is 11.7. The van der Waals surface area contributed by atoms with Crippen LogP contribution in [0.15, 0.2) is 42.7 Å². The van der Waals surface area contributed by atoms with Crippen molar-refractivity contribution in [3.05, 3.63) is 63.9 Å². The van der Waals surface area contributed by atoms with Gasteiger partial charge in [-0.05, 0) is 29.8 Å². The molecule has 0 aliphatic rings. The molecule has 0 saturated heterocycles. The Morgan fingerprint density at radius 1 is 1.21 bits per heavy atom. The number of halogens is 2. The molecule has 1 heterocycles. The summed E-state index contributed by atoms with van der Waals surface area (Å²) in [6, 6.07) is 8.68. The summed E-state index contributed by atoms with van der Waals surface area (Å²) in [7, 11) is 0. The molecular formula is C14H12Cl2N2O. The van der Waals surface area contributed by atoms with Crippen molar-refractivity contribution in [1.29, 1.82) is 0 Å². The summed E-state index contributed by atoms with van der Waals surface area (Å²) in [5.41, 5.74) is 1.58. The number of carbonyl (C=O) groups excluding carboxylic acids is 1. The molecular weight excluding hydrogens is 283 g/mol. The van der Waals surface area contributed by atoms with Gasteiger partial charge in [0, 0.05) is 24.5 Å². The highest BCUT2D eigenvalue weighted by Gasteiger charge is 2.07. The van der Waals surface area contributed by atoms with Crippen LogP contribution in [0.1, 0.15) is 15.9 Å². The minimum absolute atomic E-state index is 0.0255. The average molecular weight is 295 g/mol. The second kappa shape index (κ2) is 6.66. The lowest BCUT2D eigenvalue weighted by atomic mass is 10.1. The third-order valence-corrected chi connectivity index (χ3v) is 3.32. The van der Waals surface area contributed by atoms with Gasteiger partial charge in [0.15, 0.2) is 5.78 Å². The van der Waals surface area contributed by atoms with E-state index in [2.05, 4.69) is 10.3 Å². The SMILES string of the molecule is O=C(CNCc1cccnc1)c1ccc(Cl)c(Cl)c1. The largest absolute Gasteiger partial charge is 0.306 e. The second-order valence-electron chi connectivity index (χ2n) is 4.02. The van der Waals surface area contributed by atoms with E-state index in [9.17, 15) is 4.79 Å². The molecule has 2 aromatic rings. The van der Waals surface area contributed by atoms with Gasteiger partial charge in [-0.25, -0.2) is 0 Å². The molecule has 0 aliphatic carbocycles. The molecule has 1 aromatic carbocycles. The Balaban J connectivity index is 1.89. The first-order chi connectivity index (χ1) is 9.16. The minimum Gasteiger partial charge on any atom is -0.306 e. The van der Waals surface area contributed by atoms with Crippen LogP contribution in [0.4, 0.5) is 0 Å². The van der Waals surface area contributed by atoms with Gasteiger partial charge in [0.1, 0.15) is 0 Å². The van der Waals surface area contributed by atoms with E-state index in [1.165, 1.54) is 0 Å². The fourth-order valence-electron chi connectivity index (χ4n) is 1.59. The van der Waals surface area contributed by atoms with E-state index in [0.717, 1.165) is 5.56 Å². The molecule has 0 saturated carbocycles. The van der Waals surface area contributed by atoms with Crippen molar-refractivity contribution in [2.45, 2.75) is 6.54 Å². The lowest BCUT2D eigenvalue weighted by Gasteiger charge is -2.05. The standard InChI is InChI=1S/C14H12Cl2N2O/c15-12-4-3-11(6-13(12)16)14(19)9-18-8-10-2-1-5-17-7-10/h1-7,18H,8-9H2. The first-order valence-electron chi connectivity index (χ1n) is 5.74. The van der Waals surface area contributed by atoms with Crippen molar-refractivity contribution in [2.24, 2.45) is 0 Å². The lowest BCUT2D eigenvalue weighted by Crippen LogP contribution is -2.22. The number of pyridine rings is 1. The third kappa shape index (κ3) is 4.03. The second-order valence-corrected chi connectivity index (χ2v) is 4.83. The lowest BCUT2D eigenvalue weighted by molar-refractivity contribution is 0.0991. The maximum absolute atomic E-state index is 11.9. The Morgan fingerprint density at radius 2 is 2.05 bits per heavy atom. The zero-order valence-corrected chi connectivity index (χ0v) is 11.6. The van der Waals surface area contributed by atoms with Crippen LogP contribution < -0.4 is 5.32 Å². The van der Waals surface area contributed by atoms with Gasteiger partial charge in [0.2, 0.25) is 0 Å². The quantitative estimate of drug-likeness (QED) is 0.860. The summed E-state index contributed by atoms with van der Waals surface area (Å²) in [5.74, 6) is -0.0255. The molecule has 0 atom stereocenters. The molecule has 5 heteroatoms. The van der Waals surface area contributed by atoms with Crippen LogP contribution >= 0.6 is 23.2 Å². The van der Waals surface area contributed by atoms with Crippen LogP contribution in [0.2, 0.25) is 10.0 Å². The summed E-state index contributed by atoms with van der Waals surface area (Å²) in [6.07, 6.45) is 3.47. The number of rotatable bonds is 5. The van der Waals surface area contributed by atoms with Gasteiger partial charge in [0.05, 0.1) is 16.6 Å². The monoisotopic (exact) mass is 294 g/mol. The van der Waals surface area contributed by atoms with Crippen LogP contribution in [0.25, 0.3) is 0 Å². The minimum atomic E-state index is -0.0255. The molecule has 1 N–H and O–H groups in total. The Kier molecular flexibility index (Phi) is 4.91. The molecule has 19 heavy (non-hydrogen) atoms. The fourth-order valence-corrected chi connectivity index (χ4v) is 1.89. The molecule has 0 unspecified atom stereocenters. The number of nitrogens with zero attached hydrogens (tertiary/aromatic N) is 1. The highest BCUT2D eigenvalue weighted by molar-refractivity contribution is 6.42. The van der Waals surface area contributed by atoms with Crippen molar-refractivity contribution in [2.75, 3.05) is 6.54 Å². The van der Waals surface area contributed by atoms with E-state index >= 15 is 0 Å². The maximum atomic E-state index is 11.9. The van der Waals surface area contributed by atoms with E-state index in [-0.39, 0.29) is 12.3 Å². The number of ketones is 1. The fraction of sp³-hybridized carbons (Fsp3) is 0.143. The topological polar surface area (TPSA) is 42.0 Å². The first-order valence-corrected chi connectivity index (χ1v) is 6.50. The molecule has 0 amide bonds. The van der Waals surface area contributed by atoms with Gasteiger partial charge >= 0.3 is 0 Å². The van der Waals surface area contributed by atoms with Crippen LogP contribution in [0, 0.1) is 0 Å². The Morgan fingerprint density at radius 3 is 2.74 bits per heavy atom. The third-order valence-electron chi connectivity index (χ3n) is 2.58. The van der Waals surface area contributed by atoms with Gasteiger partial charge in [-0.1, -0.05) is 29.3 Å². The van der Waals surface area contributed by atoms with E-state index in [4.69, 9.17) is 23.2 Å².